The molecular weight excluding hydrogens is 254 g/mol. The Morgan fingerprint density at radius 3 is 2.32 bits per heavy atom. The smallest absolute Gasteiger partial charge is 0.130 e. The van der Waals surface area contributed by atoms with Gasteiger partial charge < -0.3 is 11.1 Å². The summed E-state index contributed by atoms with van der Waals surface area (Å²) in [7, 11) is 0. The van der Waals surface area contributed by atoms with Gasteiger partial charge in [0, 0.05) is 17.4 Å². The lowest BCUT2D eigenvalue weighted by Gasteiger charge is -2.09. The van der Waals surface area contributed by atoms with Crippen LogP contribution in [0, 0.1) is 0 Å². The minimum Gasteiger partial charge on any atom is -0.389 e. The van der Waals surface area contributed by atoms with Crippen LogP contribution in [-0.4, -0.2) is 9.97 Å². The van der Waals surface area contributed by atoms with E-state index in [1.807, 2.05) is 12.1 Å². The van der Waals surface area contributed by atoms with E-state index in [9.17, 15) is 0 Å². The molecule has 1 heterocycles. The average molecular weight is 271 g/mol. The van der Waals surface area contributed by atoms with Crippen LogP contribution in [0.2, 0.25) is 0 Å². The van der Waals surface area contributed by atoms with Crippen molar-refractivity contribution in [3.63, 3.8) is 0 Å². The van der Waals surface area contributed by atoms with Crippen LogP contribution in [0.15, 0.2) is 42.6 Å². The van der Waals surface area contributed by atoms with E-state index in [2.05, 4.69) is 48.4 Å². The van der Waals surface area contributed by atoms with Crippen LogP contribution >= 0.6 is 12.2 Å². The molecule has 0 saturated heterocycles. The number of aromatic nitrogens is 1. The molecule has 0 bridgehead atoms. The Morgan fingerprint density at radius 1 is 1.16 bits per heavy atom. The van der Waals surface area contributed by atoms with Gasteiger partial charge in [0.1, 0.15) is 10.8 Å². The fourth-order valence-electron chi connectivity index (χ4n) is 1.71. The zero-order chi connectivity index (χ0) is 13.8. The van der Waals surface area contributed by atoms with Crippen molar-refractivity contribution in [3.8, 4) is 0 Å². The van der Waals surface area contributed by atoms with Gasteiger partial charge in [0.05, 0.1) is 0 Å². The van der Waals surface area contributed by atoms with Crippen LogP contribution < -0.4 is 11.1 Å². The van der Waals surface area contributed by atoms with E-state index in [0.29, 0.717) is 10.9 Å². The highest BCUT2D eigenvalue weighted by Crippen LogP contribution is 2.19. The molecule has 4 heteroatoms. The van der Waals surface area contributed by atoms with E-state index in [1.165, 1.54) is 5.56 Å². The van der Waals surface area contributed by atoms with Gasteiger partial charge in [0.25, 0.3) is 0 Å². The van der Waals surface area contributed by atoms with Gasteiger partial charge in [-0.1, -0.05) is 38.2 Å². The molecule has 1 aromatic heterocycles. The minimum absolute atomic E-state index is 0.361. The van der Waals surface area contributed by atoms with Crippen molar-refractivity contribution >= 4 is 28.7 Å². The van der Waals surface area contributed by atoms with E-state index in [1.54, 1.807) is 6.20 Å². The molecule has 3 N–H and O–H groups in total. The number of rotatable bonds is 4. The Bertz CT molecular complexity index is 559. The van der Waals surface area contributed by atoms with Crippen molar-refractivity contribution < 1.29 is 0 Å². The average Bonchev–Trinajstić information content (AvgIpc) is 2.40. The van der Waals surface area contributed by atoms with Crippen molar-refractivity contribution in [2.45, 2.75) is 19.8 Å². The molecule has 98 valence electrons. The van der Waals surface area contributed by atoms with Crippen LogP contribution in [0.3, 0.4) is 0 Å². The molecule has 2 rings (SSSR count). The van der Waals surface area contributed by atoms with Gasteiger partial charge in [0.15, 0.2) is 0 Å². The normalized spacial score (nSPS) is 10.5. The van der Waals surface area contributed by atoms with Crippen molar-refractivity contribution in [2.24, 2.45) is 5.73 Å². The number of thiocarbonyl (C=S) groups is 1. The van der Waals surface area contributed by atoms with Gasteiger partial charge in [-0.25, -0.2) is 4.98 Å². The topological polar surface area (TPSA) is 50.9 Å². The van der Waals surface area contributed by atoms with Gasteiger partial charge in [0.2, 0.25) is 0 Å². The lowest BCUT2D eigenvalue weighted by atomic mass is 10.0. The van der Waals surface area contributed by atoms with Gasteiger partial charge in [-0.2, -0.15) is 0 Å². The highest BCUT2D eigenvalue weighted by Gasteiger charge is 2.01. The predicted molar refractivity (Wildman–Crippen MR) is 83.9 cm³/mol. The summed E-state index contributed by atoms with van der Waals surface area (Å²) in [5.74, 6) is 1.31. The van der Waals surface area contributed by atoms with E-state index < -0.39 is 0 Å². The highest BCUT2D eigenvalue weighted by molar-refractivity contribution is 7.80. The summed E-state index contributed by atoms with van der Waals surface area (Å²) in [4.78, 5) is 4.64. The zero-order valence-electron chi connectivity index (χ0n) is 11.1. The Kier molecular flexibility index (Phi) is 4.12. The van der Waals surface area contributed by atoms with E-state index in [4.69, 9.17) is 18.0 Å². The van der Waals surface area contributed by atoms with Crippen LogP contribution in [-0.2, 0) is 0 Å². The van der Waals surface area contributed by atoms with Crippen molar-refractivity contribution in [1.82, 2.24) is 4.98 Å². The fourth-order valence-corrected chi connectivity index (χ4v) is 1.83. The first-order chi connectivity index (χ1) is 9.06. The predicted octanol–water partition coefficient (Wildman–Crippen LogP) is 3.58. The molecule has 0 amide bonds. The Labute approximate surface area is 118 Å². The maximum Gasteiger partial charge on any atom is 0.130 e. The summed E-state index contributed by atoms with van der Waals surface area (Å²) in [6.45, 7) is 4.36. The number of hydrogen-bond acceptors (Lipinski definition) is 3. The fraction of sp³-hybridized carbons (Fsp3) is 0.200. The van der Waals surface area contributed by atoms with Crippen molar-refractivity contribution in [3.05, 3.63) is 53.7 Å². The molecule has 0 fully saturated rings. The van der Waals surface area contributed by atoms with Gasteiger partial charge in [-0.05, 0) is 35.7 Å². The number of hydrogen-bond donors (Lipinski definition) is 2. The molecule has 2 aromatic rings. The standard InChI is InChI=1S/C15H17N3S/c1-10(2)11-3-6-13(7-4-11)18-14-8-5-12(9-17-14)15(16)19/h3-10H,1-2H3,(H2,16,19)(H,17,18). The monoisotopic (exact) mass is 271 g/mol. The van der Waals surface area contributed by atoms with E-state index in [0.717, 1.165) is 17.1 Å². The summed E-state index contributed by atoms with van der Waals surface area (Å²) in [6.07, 6.45) is 1.67. The Balaban J connectivity index is 2.10. The summed E-state index contributed by atoms with van der Waals surface area (Å²) in [5.41, 5.74) is 8.64. The number of nitrogens with zero attached hydrogens (tertiary/aromatic N) is 1. The Hall–Kier alpha value is -1.94. The first-order valence-electron chi connectivity index (χ1n) is 6.19. The first kappa shape index (κ1) is 13.5. The van der Waals surface area contributed by atoms with Gasteiger partial charge in [-0.3, -0.25) is 0 Å². The molecular formula is C15H17N3S. The third kappa shape index (κ3) is 3.51. The number of nitrogens with one attached hydrogen (secondary N) is 1. The molecule has 0 spiro atoms. The number of anilines is 2. The maximum absolute atomic E-state index is 5.53. The Morgan fingerprint density at radius 2 is 1.84 bits per heavy atom. The van der Waals surface area contributed by atoms with Crippen molar-refractivity contribution in [2.75, 3.05) is 5.32 Å². The zero-order valence-corrected chi connectivity index (χ0v) is 11.9. The van der Waals surface area contributed by atoms with Gasteiger partial charge >= 0.3 is 0 Å². The lowest BCUT2D eigenvalue weighted by Crippen LogP contribution is -2.09. The molecule has 0 aliphatic rings. The second kappa shape index (κ2) is 5.80. The highest BCUT2D eigenvalue weighted by atomic mass is 32.1. The first-order valence-corrected chi connectivity index (χ1v) is 6.60. The van der Waals surface area contributed by atoms with Crippen LogP contribution in [0.4, 0.5) is 11.5 Å². The third-order valence-electron chi connectivity index (χ3n) is 2.90. The maximum atomic E-state index is 5.53. The molecule has 19 heavy (non-hydrogen) atoms. The minimum atomic E-state index is 0.361. The molecule has 0 radical (unpaired) electrons. The molecule has 0 aliphatic heterocycles. The molecule has 3 nitrogen and oxygen atoms in total. The summed E-state index contributed by atoms with van der Waals surface area (Å²) < 4.78 is 0. The second-order valence-electron chi connectivity index (χ2n) is 4.70. The molecule has 0 atom stereocenters. The number of nitrogens with two attached hydrogens (primary N) is 1. The number of benzene rings is 1. The van der Waals surface area contributed by atoms with Crippen LogP contribution in [0.5, 0.6) is 0 Å². The molecule has 0 saturated carbocycles. The molecule has 0 aliphatic carbocycles. The molecule has 0 unspecified atom stereocenters. The summed E-state index contributed by atoms with van der Waals surface area (Å²) in [6, 6.07) is 12.1. The van der Waals surface area contributed by atoms with E-state index in [-0.39, 0.29) is 0 Å². The van der Waals surface area contributed by atoms with Gasteiger partial charge in [-0.15, -0.1) is 0 Å². The number of pyridine rings is 1. The van der Waals surface area contributed by atoms with Crippen LogP contribution in [0.1, 0.15) is 30.9 Å². The van der Waals surface area contributed by atoms with E-state index >= 15 is 0 Å². The molecule has 1 aromatic carbocycles. The van der Waals surface area contributed by atoms with Crippen molar-refractivity contribution in [1.29, 1.82) is 0 Å². The van der Waals surface area contributed by atoms with Crippen LogP contribution in [0.25, 0.3) is 0 Å². The SMILES string of the molecule is CC(C)c1ccc(Nc2ccc(C(N)=S)cn2)cc1. The lowest BCUT2D eigenvalue weighted by molar-refractivity contribution is 0.867. The quantitative estimate of drug-likeness (QED) is 0.834. The summed E-state index contributed by atoms with van der Waals surface area (Å²) in [5, 5.41) is 3.24. The second-order valence-corrected chi connectivity index (χ2v) is 5.14. The largest absolute Gasteiger partial charge is 0.389 e. The summed E-state index contributed by atoms with van der Waals surface area (Å²) >= 11 is 4.89. The third-order valence-corrected chi connectivity index (χ3v) is 3.13.